The van der Waals surface area contributed by atoms with Crippen LogP contribution in [0.5, 0.6) is 0 Å². The normalized spacial score (nSPS) is 37.2. The lowest BCUT2D eigenvalue weighted by Gasteiger charge is -2.41. The van der Waals surface area contributed by atoms with Gasteiger partial charge in [-0.15, -0.1) is 0 Å². The molecule has 0 bridgehead atoms. The topological polar surface area (TPSA) is 0 Å². The van der Waals surface area contributed by atoms with Crippen LogP contribution >= 0.6 is 0 Å². The van der Waals surface area contributed by atoms with Crippen molar-refractivity contribution in [1.82, 2.24) is 0 Å². The molecule has 2 atom stereocenters. The van der Waals surface area contributed by atoms with Crippen molar-refractivity contribution in [2.75, 3.05) is 0 Å². The lowest BCUT2D eigenvalue weighted by atomic mass is 9.64. The molecule has 1 saturated carbocycles. The molecule has 0 spiro atoms. The predicted octanol–water partition coefficient (Wildman–Crippen LogP) is 4.25. The van der Waals surface area contributed by atoms with Crippen LogP contribution in [-0.4, -0.2) is 0 Å². The molecule has 0 radical (unpaired) electrons. The lowest BCUT2D eigenvalue weighted by Crippen LogP contribution is -2.30. The molecule has 0 aromatic rings. The largest absolute Gasteiger partial charge is 0.0651 e. The number of hydrogen-bond donors (Lipinski definition) is 0. The Kier molecular flexibility index (Phi) is 3.20. The van der Waals surface area contributed by atoms with Gasteiger partial charge in [-0.05, 0) is 30.1 Å². The smallest absolute Gasteiger partial charge is 0.0300 e. The average Bonchev–Trinajstić information content (AvgIpc) is 2.04. The zero-order valence-electron chi connectivity index (χ0n) is 9.19. The molecule has 0 aromatic heterocycles. The monoisotopic (exact) mass is 168 g/mol. The summed E-state index contributed by atoms with van der Waals surface area (Å²) in [5.74, 6) is 1.89. The van der Waals surface area contributed by atoms with Crippen LogP contribution in [0.25, 0.3) is 0 Å². The second-order valence-electron chi connectivity index (χ2n) is 5.18. The van der Waals surface area contributed by atoms with E-state index in [2.05, 4.69) is 27.7 Å². The van der Waals surface area contributed by atoms with Crippen molar-refractivity contribution in [1.29, 1.82) is 0 Å². The van der Waals surface area contributed by atoms with Crippen molar-refractivity contribution >= 4 is 0 Å². The molecule has 0 heterocycles. The molecule has 1 aliphatic carbocycles. The van der Waals surface area contributed by atoms with E-state index in [1.54, 1.807) is 0 Å². The fourth-order valence-electron chi connectivity index (χ4n) is 2.53. The minimum absolute atomic E-state index is 0.652. The Bertz CT molecular complexity index is 137. The first-order chi connectivity index (χ1) is 5.58. The van der Waals surface area contributed by atoms with Crippen molar-refractivity contribution in [3.8, 4) is 0 Å². The summed E-state index contributed by atoms with van der Waals surface area (Å²) in [6.45, 7) is 9.60. The third kappa shape index (κ3) is 2.02. The molecule has 0 heteroatoms. The first-order valence-electron chi connectivity index (χ1n) is 5.58. The summed E-state index contributed by atoms with van der Waals surface area (Å²) in [4.78, 5) is 0. The van der Waals surface area contributed by atoms with Gasteiger partial charge in [0.2, 0.25) is 0 Å². The van der Waals surface area contributed by atoms with Crippen LogP contribution < -0.4 is 0 Å². The van der Waals surface area contributed by atoms with Gasteiger partial charge < -0.3 is 0 Å². The second-order valence-corrected chi connectivity index (χ2v) is 5.18. The highest BCUT2D eigenvalue weighted by Gasteiger charge is 2.33. The van der Waals surface area contributed by atoms with E-state index in [4.69, 9.17) is 0 Å². The van der Waals surface area contributed by atoms with Crippen molar-refractivity contribution in [3.63, 3.8) is 0 Å². The highest BCUT2D eigenvalue weighted by Crippen LogP contribution is 2.45. The maximum absolute atomic E-state index is 2.49. The summed E-state index contributed by atoms with van der Waals surface area (Å²) in [7, 11) is 0. The van der Waals surface area contributed by atoms with Gasteiger partial charge in [0, 0.05) is 0 Å². The van der Waals surface area contributed by atoms with E-state index in [0.717, 1.165) is 11.8 Å². The van der Waals surface area contributed by atoms with Gasteiger partial charge in [-0.25, -0.2) is 0 Å². The van der Waals surface area contributed by atoms with Crippen LogP contribution in [0.2, 0.25) is 0 Å². The fraction of sp³-hybridized carbons (Fsp3) is 1.00. The lowest BCUT2D eigenvalue weighted by molar-refractivity contribution is 0.100. The Morgan fingerprint density at radius 2 is 2.08 bits per heavy atom. The average molecular weight is 168 g/mol. The minimum Gasteiger partial charge on any atom is -0.0651 e. The van der Waals surface area contributed by atoms with Crippen molar-refractivity contribution < 1.29 is 0 Å². The van der Waals surface area contributed by atoms with Crippen LogP contribution in [0.3, 0.4) is 0 Å². The van der Waals surface area contributed by atoms with E-state index in [0.29, 0.717) is 5.41 Å². The van der Waals surface area contributed by atoms with Crippen LogP contribution in [0.1, 0.15) is 59.8 Å². The molecule has 0 aliphatic heterocycles. The Hall–Kier alpha value is 0. The van der Waals surface area contributed by atoms with Gasteiger partial charge in [0.1, 0.15) is 0 Å². The molecular weight excluding hydrogens is 144 g/mol. The maximum atomic E-state index is 2.49. The van der Waals surface area contributed by atoms with Crippen LogP contribution in [-0.2, 0) is 0 Å². The van der Waals surface area contributed by atoms with Crippen LogP contribution in [0, 0.1) is 17.3 Å². The first kappa shape index (κ1) is 10.1. The molecule has 0 saturated heterocycles. The standard InChI is InChI=1S/C12H24/c1-5-11-7-6-8-12(4,9-11)10(2)3/h10-11H,5-9H2,1-4H3/t11?,12-/m0/s1. The van der Waals surface area contributed by atoms with E-state index in [1.807, 2.05) is 0 Å². The van der Waals surface area contributed by atoms with E-state index >= 15 is 0 Å². The second kappa shape index (κ2) is 3.81. The van der Waals surface area contributed by atoms with Gasteiger partial charge >= 0.3 is 0 Å². The Morgan fingerprint density at radius 3 is 2.58 bits per heavy atom. The van der Waals surface area contributed by atoms with Crippen LogP contribution in [0.4, 0.5) is 0 Å². The summed E-state index contributed by atoms with van der Waals surface area (Å²) in [6.07, 6.45) is 7.27. The molecule has 1 rings (SSSR count). The molecule has 0 N–H and O–H groups in total. The zero-order chi connectivity index (χ0) is 9.19. The number of rotatable bonds is 2. The summed E-state index contributed by atoms with van der Waals surface area (Å²) < 4.78 is 0. The van der Waals surface area contributed by atoms with Gasteiger partial charge in [0.25, 0.3) is 0 Å². The number of hydrogen-bond acceptors (Lipinski definition) is 0. The fourth-order valence-corrected chi connectivity index (χ4v) is 2.53. The first-order valence-corrected chi connectivity index (χ1v) is 5.58. The summed E-state index contributed by atoms with van der Waals surface area (Å²) >= 11 is 0. The zero-order valence-corrected chi connectivity index (χ0v) is 9.19. The third-order valence-corrected chi connectivity index (χ3v) is 4.09. The van der Waals surface area contributed by atoms with Crippen molar-refractivity contribution in [3.05, 3.63) is 0 Å². The van der Waals surface area contributed by atoms with Gasteiger partial charge in [-0.2, -0.15) is 0 Å². The van der Waals surface area contributed by atoms with E-state index < -0.39 is 0 Å². The quantitative estimate of drug-likeness (QED) is 0.578. The summed E-state index contributed by atoms with van der Waals surface area (Å²) in [5.41, 5.74) is 0.652. The van der Waals surface area contributed by atoms with E-state index in [1.165, 1.54) is 32.1 Å². The Labute approximate surface area is 77.7 Å². The van der Waals surface area contributed by atoms with Crippen molar-refractivity contribution in [2.24, 2.45) is 17.3 Å². The minimum atomic E-state index is 0.652. The Balaban J connectivity index is 2.54. The van der Waals surface area contributed by atoms with Gasteiger partial charge in [0.15, 0.2) is 0 Å². The highest BCUT2D eigenvalue weighted by atomic mass is 14.4. The van der Waals surface area contributed by atoms with Gasteiger partial charge in [-0.1, -0.05) is 47.0 Å². The third-order valence-electron chi connectivity index (χ3n) is 4.09. The van der Waals surface area contributed by atoms with Crippen LogP contribution in [0.15, 0.2) is 0 Å². The molecule has 1 fully saturated rings. The highest BCUT2D eigenvalue weighted by molar-refractivity contribution is 4.84. The summed E-state index contributed by atoms with van der Waals surface area (Å²) in [6, 6.07) is 0. The molecule has 12 heavy (non-hydrogen) atoms. The van der Waals surface area contributed by atoms with Gasteiger partial charge in [0.05, 0.1) is 0 Å². The maximum Gasteiger partial charge on any atom is -0.0300 e. The molecule has 0 amide bonds. The van der Waals surface area contributed by atoms with Crippen molar-refractivity contribution in [2.45, 2.75) is 59.8 Å². The Morgan fingerprint density at radius 1 is 1.42 bits per heavy atom. The molecular formula is C12H24. The molecule has 1 aliphatic rings. The van der Waals surface area contributed by atoms with E-state index in [9.17, 15) is 0 Å². The molecule has 72 valence electrons. The van der Waals surface area contributed by atoms with Gasteiger partial charge in [-0.3, -0.25) is 0 Å². The predicted molar refractivity (Wildman–Crippen MR) is 55.2 cm³/mol. The summed E-state index contributed by atoms with van der Waals surface area (Å²) in [5, 5.41) is 0. The molecule has 1 unspecified atom stereocenters. The SMILES string of the molecule is CCC1CCC[C@](C)(C(C)C)C1. The molecule has 0 aromatic carbocycles. The molecule has 0 nitrogen and oxygen atoms in total. The van der Waals surface area contributed by atoms with E-state index in [-0.39, 0.29) is 0 Å².